The summed E-state index contributed by atoms with van der Waals surface area (Å²) in [4.78, 5) is 21.3. The van der Waals surface area contributed by atoms with E-state index < -0.39 is 0 Å². The van der Waals surface area contributed by atoms with Crippen LogP contribution in [0.2, 0.25) is 0 Å². The van der Waals surface area contributed by atoms with Crippen LogP contribution in [0.1, 0.15) is 35.4 Å². The number of anilines is 2. The maximum Gasteiger partial charge on any atom is 0.264 e. The van der Waals surface area contributed by atoms with Crippen LogP contribution in [0.3, 0.4) is 0 Å². The Morgan fingerprint density at radius 2 is 1.93 bits per heavy atom. The fourth-order valence-corrected chi connectivity index (χ4v) is 6.34. The zero-order valence-electron chi connectivity index (χ0n) is 15.1. The van der Waals surface area contributed by atoms with Crippen LogP contribution < -0.4 is 10.6 Å². The molecule has 2 aliphatic rings. The molecule has 7 heteroatoms. The lowest BCUT2D eigenvalue weighted by atomic mass is 9.98. The van der Waals surface area contributed by atoms with E-state index in [0.717, 1.165) is 38.1 Å². The number of nitrogens with zero attached hydrogens (tertiary/aromatic N) is 2. The summed E-state index contributed by atoms with van der Waals surface area (Å²) < 4.78 is 1.07. The molecule has 2 saturated heterocycles. The van der Waals surface area contributed by atoms with Gasteiger partial charge in [-0.1, -0.05) is 29.5 Å². The van der Waals surface area contributed by atoms with Crippen molar-refractivity contribution in [2.24, 2.45) is 0 Å². The van der Waals surface area contributed by atoms with Crippen molar-refractivity contribution in [3.63, 3.8) is 0 Å². The Kier molecular flexibility index (Phi) is 4.38. The van der Waals surface area contributed by atoms with Crippen molar-refractivity contribution in [3.8, 4) is 0 Å². The van der Waals surface area contributed by atoms with Gasteiger partial charge in [0.25, 0.3) is 5.91 Å². The molecule has 27 heavy (non-hydrogen) atoms. The highest BCUT2D eigenvalue weighted by molar-refractivity contribution is 7.29. The van der Waals surface area contributed by atoms with Gasteiger partial charge in [-0.05, 0) is 43.9 Å². The minimum Gasteiger partial charge on any atom is -0.338 e. The number of thiazole rings is 1. The number of benzene rings is 1. The number of nitrogens with one attached hydrogen (secondary N) is 2. The van der Waals surface area contributed by atoms with Gasteiger partial charge in [0.2, 0.25) is 0 Å². The Bertz CT molecular complexity index is 923. The van der Waals surface area contributed by atoms with E-state index in [1.807, 2.05) is 48.3 Å². The van der Waals surface area contributed by atoms with E-state index in [4.69, 9.17) is 0 Å². The highest BCUT2D eigenvalue weighted by atomic mass is 32.1. The maximum atomic E-state index is 13.0. The normalized spacial score (nSPS) is 24.3. The van der Waals surface area contributed by atoms with Crippen molar-refractivity contribution in [1.29, 1.82) is 0 Å². The van der Waals surface area contributed by atoms with E-state index in [1.54, 1.807) is 11.3 Å². The molecule has 2 bridgehead atoms. The summed E-state index contributed by atoms with van der Waals surface area (Å²) in [7, 11) is 1.96. The fraction of sp³-hybridized carbons (Fsp3) is 0.400. The van der Waals surface area contributed by atoms with E-state index in [2.05, 4.69) is 15.6 Å². The van der Waals surface area contributed by atoms with Gasteiger partial charge in [-0.25, -0.2) is 4.98 Å². The largest absolute Gasteiger partial charge is 0.338 e. The molecule has 2 fully saturated rings. The third-order valence-electron chi connectivity index (χ3n) is 5.64. The molecule has 140 valence electrons. The minimum atomic E-state index is 0.133. The second-order valence-electron chi connectivity index (χ2n) is 7.47. The summed E-state index contributed by atoms with van der Waals surface area (Å²) in [5, 5.41) is 7.84. The lowest BCUT2D eigenvalue weighted by Gasteiger charge is -2.35. The van der Waals surface area contributed by atoms with Crippen molar-refractivity contribution in [3.05, 3.63) is 41.3 Å². The summed E-state index contributed by atoms with van der Waals surface area (Å²) in [6.07, 6.45) is 4.64. The van der Waals surface area contributed by atoms with Crippen molar-refractivity contribution in [2.45, 2.75) is 43.8 Å². The zero-order valence-corrected chi connectivity index (χ0v) is 16.8. The van der Waals surface area contributed by atoms with Crippen LogP contribution in [0.25, 0.3) is 9.53 Å². The summed E-state index contributed by atoms with van der Waals surface area (Å²) in [5.74, 6) is 0.133. The van der Waals surface area contributed by atoms with Gasteiger partial charge in [-0.2, -0.15) is 0 Å². The first-order valence-corrected chi connectivity index (χ1v) is 11.0. The lowest BCUT2D eigenvalue weighted by Crippen LogP contribution is -2.48. The quantitative estimate of drug-likeness (QED) is 0.681. The average Bonchev–Trinajstić information content (AvgIpc) is 3.34. The standard InChI is InChI=1S/C20H22N4OS2/c1-24(15-9-13-7-8-14(10-15)21-13)19(25)17-11-16-18(26-17)23-20(27-16)22-12-5-3-2-4-6-12/h2-6,11,13-15,21H,7-10H2,1H3,(H,22,23). The molecule has 2 atom stereocenters. The molecule has 1 amide bonds. The van der Waals surface area contributed by atoms with Crippen LogP contribution in [0.4, 0.5) is 10.8 Å². The van der Waals surface area contributed by atoms with Gasteiger partial charge >= 0.3 is 0 Å². The first-order valence-electron chi connectivity index (χ1n) is 9.41. The molecule has 0 radical (unpaired) electrons. The number of fused-ring (bicyclic) bond motifs is 3. The number of para-hydroxylation sites is 1. The first-order chi connectivity index (χ1) is 13.2. The van der Waals surface area contributed by atoms with Crippen LogP contribution in [0, 0.1) is 0 Å². The van der Waals surface area contributed by atoms with Gasteiger partial charge in [0, 0.05) is 30.9 Å². The summed E-state index contributed by atoms with van der Waals surface area (Å²) in [5.41, 5.74) is 1.02. The Balaban J connectivity index is 1.31. The molecular weight excluding hydrogens is 376 g/mol. The van der Waals surface area contributed by atoms with Crippen LogP contribution in [0.15, 0.2) is 36.4 Å². The number of amides is 1. The van der Waals surface area contributed by atoms with E-state index in [9.17, 15) is 4.79 Å². The van der Waals surface area contributed by atoms with Crippen molar-refractivity contribution in [2.75, 3.05) is 12.4 Å². The number of thiophene rings is 1. The van der Waals surface area contributed by atoms with Gasteiger partial charge in [-0.3, -0.25) is 4.79 Å². The number of carbonyl (C=O) groups is 1. The van der Waals surface area contributed by atoms with Gasteiger partial charge in [-0.15, -0.1) is 11.3 Å². The van der Waals surface area contributed by atoms with Crippen molar-refractivity contribution >= 4 is 48.9 Å². The summed E-state index contributed by atoms with van der Waals surface area (Å²) in [6.45, 7) is 0. The van der Waals surface area contributed by atoms with Gasteiger partial charge in [0.1, 0.15) is 4.83 Å². The number of piperidine rings is 1. The number of carbonyl (C=O) groups excluding carboxylic acids is 1. The van der Waals surface area contributed by atoms with Crippen molar-refractivity contribution in [1.82, 2.24) is 15.2 Å². The fourth-order valence-electron chi connectivity index (χ4n) is 4.22. The number of aromatic nitrogens is 1. The van der Waals surface area contributed by atoms with Gasteiger partial charge in [0.05, 0.1) is 9.58 Å². The molecule has 3 aromatic rings. The molecule has 0 saturated carbocycles. The lowest BCUT2D eigenvalue weighted by molar-refractivity contribution is 0.0686. The molecule has 5 nitrogen and oxygen atoms in total. The smallest absolute Gasteiger partial charge is 0.264 e. The molecule has 2 unspecified atom stereocenters. The Labute approximate surface area is 166 Å². The van der Waals surface area contributed by atoms with E-state index in [-0.39, 0.29) is 5.91 Å². The predicted molar refractivity (Wildman–Crippen MR) is 112 cm³/mol. The topological polar surface area (TPSA) is 57.3 Å². The molecule has 5 rings (SSSR count). The highest BCUT2D eigenvalue weighted by Crippen LogP contribution is 2.36. The summed E-state index contributed by atoms with van der Waals surface area (Å²) >= 11 is 3.09. The van der Waals surface area contributed by atoms with Crippen LogP contribution in [-0.4, -0.2) is 41.0 Å². The minimum absolute atomic E-state index is 0.133. The predicted octanol–water partition coefficient (Wildman–Crippen LogP) is 4.46. The van der Waals surface area contributed by atoms with Gasteiger partial charge < -0.3 is 15.5 Å². The Hall–Kier alpha value is -1.96. The second kappa shape index (κ2) is 6.89. The second-order valence-corrected chi connectivity index (χ2v) is 9.53. The Morgan fingerprint density at radius 1 is 1.19 bits per heavy atom. The molecule has 0 spiro atoms. The van der Waals surface area contributed by atoms with Crippen LogP contribution >= 0.6 is 22.7 Å². The van der Waals surface area contributed by atoms with Crippen molar-refractivity contribution < 1.29 is 4.79 Å². The molecular formula is C20H22N4OS2. The molecule has 1 aromatic carbocycles. The summed E-state index contributed by atoms with van der Waals surface area (Å²) in [6, 6.07) is 13.6. The van der Waals surface area contributed by atoms with E-state index in [0.29, 0.717) is 18.1 Å². The molecule has 2 aromatic heterocycles. The molecule has 4 heterocycles. The van der Waals surface area contributed by atoms with Gasteiger partial charge in [0.15, 0.2) is 5.13 Å². The van der Waals surface area contributed by atoms with Crippen LogP contribution in [0.5, 0.6) is 0 Å². The average molecular weight is 399 g/mol. The van der Waals surface area contributed by atoms with E-state index in [1.165, 1.54) is 24.2 Å². The molecule has 2 aliphatic heterocycles. The first kappa shape index (κ1) is 17.2. The number of rotatable bonds is 4. The number of hydrogen-bond donors (Lipinski definition) is 2. The highest BCUT2D eigenvalue weighted by Gasteiger charge is 2.36. The SMILES string of the molecule is CN(C(=O)c1cc2sc(Nc3ccccc3)nc2s1)C1CC2CCC(C1)N2. The number of hydrogen-bond acceptors (Lipinski definition) is 6. The molecule has 0 aliphatic carbocycles. The molecule has 2 N–H and O–H groups in total. The monoisotopic (exact) mass is 398 g/mol. The third-order valence-corrected chi connectivity index (χ3v) is 7.71. The Morgan fingerprint density at radius 3 is 2.63 bits per heavy atom. The van der Waals surface area contributed by atoms with Crippen LogP contribution in [-0.2, 0) is 0 Å². The zero-order chi connectivity index (χ0) is 18.4. The third kappa shape index (κ3) is 3.35. The maximum absolute atomic E-state index is 13.0. The van der Waals surface area contributed by atoms with E-state index >= 15 is 0 Å².